The van der Waals surface area contributed by atoms with Gasteiger partial charge in [-0.1, -0.05) is 0 Å². The van der Waals surface area contributed by atoms with Crippen molar-refractivity contribution in [2.75, 3.05) is 0 Å². The van der Waals surface area contributed by atoms with Gasteiger partial charge in [-0.15, -0.1) is 11.3 Å². The summed E-state index contributed by atoms with van der Waals surface area (Å²) in [6.07, 6.45) is 2.65. The van der Waals surface area contributed by atoms with Crippen molar-refractivity contribution in [2.24, 2.45) is 5.10 Å². The Bertz CT molecular complexity index is 1030. The Balaban J connectivity index is 1.62. The number of nitriles is 1. The minimum atomic E-state index is -0.729. The molecule has 2 aromatic heterocycles. The Morgan fingerprint density at radius 2 is 2.14 bits per heavy atom. The van der Waals surface area contributed by atoms with Gasteiger partial charge in [0.2, 0.25) is 0 Å². The van der Waals surface area contributed by atoms with E-state index in [9.17, 15) is 4.79 Å². The molecule has 0 spiro atoms. The summed E-state index contributed by atoms with van der Waals surface area (Å²) in [6, 6.07) is 10.6. The number of nitrogens with zero attached hydrogens (tertiary/aromatic N) is 4. The van der Waals surface area contributed by atoms with Crippen LogP contribution in [0.25, 0.3) is 5.13 Å². The van der Waals surface area contributed by atoms with E-state index in [4.69, 9.17) is 10.00 Å². The predicted molar refractivity (Wildman–Crippen MR) is 108 cm³/mol. The average Bonchev–Trinajstić information content (AvgIpc) is 3.30. The number of rotatable bonds is 6. The Morgan fingerprint density at radius 3 is 2.79 bits per heavy atom. The highest BCUT2D eigenvalue weighted by molar-refractivity contribution is 7.12. The molecule has 3 aromatic rings. The van der Waals surface area contributed by atoms with Crippen molar-refractivity contribution >= 4 is 23.5 Å². The number of benzene rings is 1. The third-order valence-corrected chi connectivity index (χ3v) is 4.88. The minimum Gasteiger partial charge on any atom is -0.481 e. The first-order chi connectivity index (χ1) is 13.5. The molecule has 142 valence electrons. The van der Waals surface area contributed by atoms with Gasteiger partial charge >= 0.3 is 0 Å². The molecule has 1 unspecified atom stereocenters. The van der Waals surface area contributed by atoms with Gasteiger partial charge in [-0.2, -0.15) is 10.4 Å². The summed E-state index contributed by atoms with van der Waals surface area (Å²) in [5, 5.41) is 15.7. The van der Waals surface area contributed by atoms with Crippen LogP contribution in [0.1, 0.15) is 29.4 Å². The van der Waals surface area contributed by atoms with E-state index in [0.717, 1.165) is 22.1 Å². The summed E-state index contributed by atoms with van der Waals surface area (Å²) in [6.45, 7) is 5.61. The van der Waals surface area contributed by atoms with Crippen molar-refractivity contribution in [2.45, 2.75) is 26.9 Å². The minimum absolute atomic E-state index is 0.366. The highest BCUT2D eigenvalue weighted by Crippen LogP contribution is 2.21. The monoisotopic (exact) mass is 393 g/mol. The molecule has 0 radical (unpaired) electrons. The van der Waals surface area contributed by atoms with E-state index in [1.807, 2.05) is 35.9 Å². The maximum Gasteiger partial charge on any atom is 0.280 e. The second-order valence-corrected chi connectivity index (χ2v) is 6.98. The molecule has 0 fully saturated rings. The first kappa shape index (κ1) is 19.3. The summed E-state index contributed by atoms with van der Waals surface area (Å²) < 4.78 is 7.61. The van der Waals surface area contributed by atoms with Gasteiger partial charge in [0.05, 0.1) is 17.8 Å². The molecule has 0 aliphatic rings. The number of hydrazone groups is 1. The largest absolute Gasteiger partial charge is 0.481 e. The van der Waals surface area contributed by atoms with Crippen molar-refractivity contribution in [3.05, 3.63) is 64.4 Å². The number of thiazole rings is 1. The van der Waals surface area contributed by atoms with Crippen LogP contribution in [0, 0.1) is 25.2 Å². The fourth-order valence-electron chi connectivity index (χ4n) is 2.66. The van der Waals surface area contributed by atoms with Crippen LogP contribution in [-0.2, 0) is 4.79 Å². The van der Waals surface area contributed by atoms with Crippen LogP contribution in [0.3, 0.4) is 0 Å². The predicted octanol–water partition coefficient (Wildman–Crippen LogP) is 3.34. The van der Waals surface area contributed by atoms with Gasteiger partial charge in [0.15, 0.2) is 11.2 Å². The molecular weight excluding hydrogens is 374 g/mol. The third kappa shape index (κ3) is 4.27. The maximum absolute atomic E-state index is 12.2. The zero-order valence-corrected chi connectivity index (χ0v) is 16.5. The molecule has 28 heavy (non-hydrogen) atoms. The second kappa shape index (κ2) is 8.50. The van der Waals surface area contributed by atoms with Gasteiger partial charge in [-0.3, -0.25) is 9.36 Å². The van der Waals surface area contributed by atoms with E-state index in [1.54, 1.807) is 54.9 Å². The SMILES string of the molecule is Cc1cc(/C=N/NC(=O)C(C)Oc2ccc(C#N)cc2)c(C)n1-c1nccs1. The van der Waals surface area contributed by atoms with Crippen molar-refractivity contribution in [1.82, 2.24) is 15.0 Å². The normalized spacial score (nSPS) is 11.9. The van der Waals surface area contributed by atoms with Crippen LogP contribution < -0.4 is 10.2 Å². The molecule has 2 heterocycles. The van der Waals surface area contributed by atoms with E-state index < -0.39 is 6.10 Å². The number of hydrogen-bond donors (Lipinski definition) is 1. The summed E-state index contributed by atoms with van der Waals surface area (Å²) in [5.74, 6) is 0.145. The lowest BCUT2D eigenvalue weighted by atomic mass is 10.2. The molecule has 1 amide bonds. The Kier molecular flexibility index (Phi) is 5.87. The van der Waals surface area contributed by atoms with Crippen LogP contribution >= 0.6 is 11.3 Å². The molecule has 1 N–H and O–H groups in total. The van der Waals surface area contributed by atoms with Gasteiger partial charge in [0, 0.05) is 28.5 Å². The number of carbonyl (C=O) groups excluding carboxylic acids is 1. The maximum atomic E-state index is 12.2. The van der Waals surface area contributed by atoms with E-state index in [2.05, 4.69) is 15.5 Å². The summed E-state index contributed by atoms with van der Waals surface area (Å²) in [4.78, 5) is 16.5. The summed E-state index contributed by atoms with van der Waals surface area (Å²) >= 11 is 1.56. The van der Waals surface area contributed by atoms with Crippen molar-refractivity contribution < 1.29 is 9.53 Å². The molecular formula is C20H19N5O2S. The Labute approximate surface area is 166 Å². The summed E-state index contributed by atoms with van der Waals surface area (Å²) in [5.41, 5.74) is 5.96. The van der Waals surface area contributed by atoms with Crippen LogP contribution in [0.4, 0.5) is 0 Å². The molecule has 3 rings (SSSR count). The lowest BCUT2D eigenvalue weighted by Crippen LogP contribution is -2.33. The average molecular weight is 393 g/mol. The fourth-order valence-corrected chi connectivity index (χ4v) is 3.41. The first-order valence-electron chi connectivity index (χ1n) is 8.58. The fraction of sp³-hybridized carbons (Fsp3) is 0.200. The standard InChI is InChI=1S/C20H19N5O2S/c1-13-10-17(14(2)25(13)20-22-8-9-28-20)12-23-24-19(26)15(3)27-18-6-4-16(11-21)5-7-18/h4-10,12,15H,1-3H3,(H,24,26)/b23-12+. The van der Waals surface area contributed by atoms with Gasteiger partial charge < -0.3 is 4.74 Å². The smallest absolute Gasteiger partial charge is 0.280 e. The molecule has 0 saturated carbocycles. The molecule has 7 nitrogen and oxygen atoms in total. The highest BCUT2D eigenvalue weighted by Gasteiger charge is 2.14. The Morgan fingerprint density at radius 1 is 1.39 bits per heavy atom. The number of carbonyl (C=O) groups is 1. The Hall–Kier alpha value is -3.44. The van der Waals surface area contributed by atoms with Crippen molar-refractivity contribution in [1.29, 1.82) is 5.26 Å². The number of hydrogen-bond acceptors (Lipinski definition) is 6. The van der Waals surface area contributed by atoms with Crippen molar-refractivity contribution in [3.63, 3.8) is 0 Å². The zero-order valence-electron chi connectivity index (χ0n) is 15.7. The quantitative estimate of drug-likeness (QED) is 0.513. The summed E-state index contributed by atoms with van der Waals surface area (Å²) in [7, 11) is 0. The van der Waals surface area contributed by atoms with Crippen LogP contribution in [0.2, 0.25) is 0 Å². The molecule has 0 saturated heterocycles. The lowest BCUT2D eigenvalue weighted by molar-refractivity contribution is -0.127. The van der Waals surface area contributed by atoms with Gasteiger partial charge in [0.1, 0.15) is 5.75 Å². The molecule has 1 atom stereocenters. The number of aromatic nitrogens is 2. The van der Waals surface area contributed by atoms with Crippen LogP contribution in [0.15, 0.2) is 47.0 Å². The molecule has 8 heteroatoms. The number of amides is 1. The van der Waals surface area contributed by atoms with Crippen LogP contribution in [-0.4, -0.2) is 27.8 Å². The number of aryl methyl sites for hydroxylation is 1. The topological polar surface area (TPSA) is 92.3 Å². The first-order valence-corrected chi connectivity index (χ1v) is 9.46. The third-order valence-electron chi connectivity index (χ3n) is 4.12. The van der Waals surface area contributed by atoms with Gasteiger partial charge in [-0.05, 0) is 51.1 Å². The molecule has 0 bridgehead atoms. The van der Waals surface area contributed by atoms with Gasteiger partial charge in [-0.25, -0.2) is 10.4 Å². The molecule has 0 aliphatic heterocycles. The molecule has 1 aromatic carbocycles. The lowest BCUT2D eigenvalue weighted by Gasteiger charge is -2.12. The molecule has 0 aliphatic carbocycles. The van der Waals surface area contributed by atoms with E-state index in [1.165, 1.54) is 0 Å². The van der Waals surface area contributed by atoms with E-state index >= 15 is 0 Å². The van der Waals surface area contributed by atoms with E-state index in [0.29, 0.717) is 11.3 Å². The zero-order chi connectivity index (χ0) is 20.1. The van der Waals surface area contributed by atoms with E-state index in [-0.39, 0.29) is 5.91 Å². The second-order valence-electron chi connectivity index (χ2n) is 6.11. The van der Waals surface area contributed by atoms with Gasteiger partial charge in [0.25, 0.3) is 5.91 Å². The van der Waals surface area contributed by atoms with Crippen molar-refractivity contribution in [3.8, 4) is 17.0 Å². The number of ether oxygens (including phenoxy) is 1. The number of nitrogens with one attached hydrogen (secondary N) is 1. The highest BCUT2D eigenvalue weighted by atomic mass is 32.1. The van der Waals surface area contributed by atoms with Crippen LogP contribution in [0.5, 0.6) is 5.75 Å².